The third kappa shape index (κ3) is 3.01. The smallest absolute Gasteiger partial charge is 0.137 e. The number of ether oxygens (including phenoxy) is 1. The Kier molecular flexibility index (Phi) is 3.82. The SMILES string of the molecule is C[C@H](N)c1cc(Cl)ccc1OCc1cn2ccccc2n1. The highest BCUT2D eigenvalue weighted by Crippen LogP contribution is 2.27. The molecule has 5 heteroatoms. The second-order valence-corrected chi connectivity index (χ2v) is 5.39. The van der Waals surface area contributed by atoms with E-state index in [4.69, 9.17) is 22.1 Å². The van der Waals surface area contributed by atoms with E-state index in [1.807, 2.05) is 54.0 Å². The predicted molar refractivity (Wildman–Crippen MR) is 83.6 cm³/mol. The van der Waals surface area contributed by atoms with Crippen LogP contribution in [0, 0.1) is 0 Å². The van der Waals surface area contributed by atoms with Crippen molar-refractivity contribution in [1.29, 1.82) is 0 Å². The van der Waals surface area contributed by atoms with Crippen LogP contribution in [0.4, 0.5) is 0 Å². The molecule has 21 heavy (non-hydrogen) atoms. The van der Waals surface area contributed by atoms with Crippen LogP contribution in [0.25, 0.3) is 5.65 Å². The first kappa shape index (κ1) is 13.9. The summed E-state index contributed by atoms with van der Waals surface area (Å²) in [7, 11) is 0. The number of halogens is 1. The lowest BCUT2D eigenvalue weighted by molar-refractivity contribution is 0.297. The molecule has 1 atom stereocenters. The molecule has 0 aliphatic rings. The number of pyridine rings is 1. The Morgan fingerprint density at radius 2 is 2.19 bits per heavy atom. The summed E-state index contributed by atoms with van der Waals surface area (Å²) in [6.45, 7) is 2.30. The highest BCUT2D eigenvalue weighted by molar-refractivity contribution is 6.30. The lowest BCUT2D eigenvalue weighted by atomic mass is 10.1. The minimum Gasteiger partial charge on any atom is -0.487 e. The normalized spacial score (nSPS) is 12.5. The van der Waals surface area contributed by atoms with Gasteiger partial charge in [0, 0.05) is 29.0 Å². The Labute approximate surface area is 128 Å². The molecule has 4 nitrogen and oxygen atoms in total. The average Bonchev–Trinajstić information content (AvgIpc) is 2.88. The summed E-state index contributed by atoms with van der Waals surface area (Å²) in [5.41, 5.74) is 8.62. The van der Waals surface area contributed by atoms with Crippen molar-refractivity contribution in [3.63, 3.8) is 0 Å². The van der Waals surface area contributed by atoms with Crippen molar-refractivity contribution >= 4 is 17.2 Å². The molecule has 0 bridgehead atoms. The second-order valence-electron chi connectivity index (χ2n) is 4.96. The standard InChI is InChI=1S/C16H16ClN3O/c1-11(18)14-8-12(17)5-6-15(14)21-10-13-9-20-7-3-2-4-16(20)19-13/h2-9,11H,10,18H2,1H3/t11-/m0/s1. The van der Waals surface area contributed by atoms with Gasteiger partial charge in [-0.25, -0.2) is 4.98 Å². The minimum atomic E-state index is -0.139. The fourth-order valence-electron chi connectivity index (χ4n) is 2.22. The van der Waals surface area contributed by atoms with Crippen molar-refractivity contribution < 1.29 is 4.74 Å². The van der Waals surface area contributed by atoms with Crippen LogP contribution in [0.5, 0.6) is 5.75 Å². The first-order valence-corrected chi connectivity index (χ1v) is 7.12. The minimum absolute atomic E-state index is 0.139. The van der Waals surface area contributed by atoms with Gasteiger partial charge in [-0.1, -0.05) is 17.7 Å². The van der Waals surface area contributed by atoms with Crippen molar-refractivity contribution in [3.05, 3.63) is 65.1 Å². The van der Waals surface area contributed by atoms with Crippen molar-refractivity contribution in [2.75, 3.05) is 0 Å². The van der Waals surface area contributed by atoms with Crippen molar-refractivity contribution in [1.82, 2.24) is 9.38 Å². The van der Waals surface area contributed by atoms with Gasteiger partial charge in [0.2, 0.25) is 0 Å². The molecule has 2 heterocycles. The van der Waals surface area contributed by atoms with Crippen molar-refractivity contribution in [2.45, 2.75) is 19.6 Å². The predicted octanol–water partition coefficient (Wildman–Crippen LogP) is 3.59. The Morgan fingerprint density at radius 3 is 2.95 bits per heavy atom. The number of nitrogens with zero attached hydrogens (tertiary/aromatic N) is 2. The quantitative estimate of drug-likeness (QED) is 0.801. The monoisotopic (exact) mass is 301 g/mol. The number of hydrogen-bond acceptors (Lipinski definition) is 3. The van der Waals surface area contributed by atoms with E-state index in [0.717, 1.165) is 22.7 Å². The average molecular weight is 302 g/mol. The van der Waals surface area contributed by atoms with E-state index in [1.54, 1.807) is 6.07 Å². The van der Waals surface area contributed by atoms with Crippen molar-refractivity contribution in [3.8, 4) is 5.75 Å². The van der Waals surface area contributed by atoms with Gasteiger partial charge in [0.25, 0.3) is 0 Å². The summed E-state index contributed by atoms with van der Waals surface area (Å²) in [4.78, 5) is 4.50. The van der Waals surface area contributed by atoms with Gasteiger partial charge in [0.15, 0.2) is 0 Å². The molecule has 0 amide bonds. The van der Waals surface area contributed by atoms with Crippen LogP contribution in [0.2, 0.25) is 5.02 Å². The van der Waals surface area contributed by atoms with Gasteiger partial charge in [-0.3, -0.25) is 0 Å². The maximum Gasteiger partial charge on any atom is 0.137 e. The van der Waals surface area contributed by atoms with Gasteiger partial charge in [0.1, 0.15) is 18.0 Å². The van der Waals surface area contributed by atoms with Crippen LogP contribution < -0.4 is 10.5 Å². The van der Waals surface area contributed by atoms with E-state index in [-0.39, 0.29) is 6.04 Å². The summed E-state index contributed by atoms with van der Waals surface area (Å²) < 4.78 is 7.82. The molecular weight excluding hydrogens is 286 g/mol. The number of imidazole rings is 1. The third-order valence-corrected chi connectivity index (χ3v) is 3.49. The van der Waals surface area contributed by atoms with E-state index in [0.29, 0.717) is 11.6 Å². The van der Waals surface area contributed by atoms with Gasteiger partial charge in [-0.2, -0.15) is 0 Å². The van der Waals surface area contributed by atoms with Crippen LogP contribution >= 0.6 is 11.6 Å². The Morgan fingerprint density at radius 1 is 1.33 bits per heavy atom. The molecule has 0 unspecified atom stereocenters. The van der Waals surface area contributed by atoms with E-state index < -0.39 is 0 Å². The molecule has 0 fully saturated rings. The zero-order chi connectivity index (χ0) is 14.8. The lowest BCUT2D eigenvalue weighted by Crippen LogP contribution is -2.08. The maximum atomic E-state index is 6.00. The summed E-state index contributed by atoms with van der Waals surface area (Å²) in [6, 6.07) is 11.2. The zero-order valence-corrected chi connectivity index (χ0v) is 12.4. The summed E-state index contributed by atoms with van der Waals surface area (Å²) in [5.74, 6) is 0.742. The summed E-state index contributed by atoms with van der Waals surface area (Å²) in [6.07, 6.45) is 3.91. The zero-order valence-electron chi connectivity index (χ0n) is 11.7. The van der Waals surface area contributed by atoms with E-state index in [2.05, 4.69) is 4.98 Å². The number of aromatic nitrogens is 2. The molecule has 2 aromatic heterocycles. The Balaban J connectivity index is 1.81. The van der Waals surface area contributed by atoms with Crippen LogP contribution in [0.1, 0.15) is 24.2 Å². The van der Waals surface area contributed by atoms with Crippen molar-refractivity contribution in [2.24, 2.45) is 5.73 Å². The first-order chi connectivity index (χ1) is 10.1. The molecule has 0 saturated heterocycles. The van der Waals surface area contributed by atoms with Gasteiger partial charge >= 0.3 is 0 Å². The van der Waals surface area contributed by atoms with Gasteiger partial charge in [-0.05, 0) is 37.3 Å². The van der Waals surface area contributed by atoms with E-state index in [9.17, 15) is 0 Å². The molecule has 108 valence electrons. The molecular formula is C16H16ClN3O. The van der Waals surface area contributed by atoms with E-state index in [1.165, 1.54) is 0 Å². The van der Waals surface area contributed by atoms with E-state index >= 15 is 0 Å². The molecule has 1 aromatic carbocycles. The van der Waals surface area contributed by atoms with Crippen LogP contribution in [0.3, 0.4) is 0 Å². The molecule has 0 spiro atoms. The molecule has 0 aliphatic heterocycles. The Hall–Kier alpha value is -2.04. The molecule has 0 aliphatic carbocycles. The highest BCUT2D eigenvalue weighted by atomic mass is 35.5. The molecule has 0 radical (unpaired) electrons. The number of nitrogens with two attached hydrogens (primary N) is 1. The lowest BCUT2D eigenvalue weighted by Gasteiger charge is -2.13. The molecule has 0 saturated carbocycles. The topological polar surface area (TPSA) is 52.5 Å². The number of fused-ring (bicyclic) bond motifs is 1. The van der Waals surface area contributed by atoms with Gasteiger partial charge < -0.3 is 14.9 Å². The molecule has 2 N–H and O–H groups in total. The maximum absolute atomic E-state index is 6.00. The second kappa shape index (κ2) is 5.76. The first-order valence-electron chi connectivity index (χ1n) is 6.74. The van der Waals surface area contributed by atoms with Crippen LogP contribution in [0.15, 0.2) is 48.8 Å². The van der Waals surface area contributed by atoms with Crippen LogP contribution in [-0.2, 0) is 6.61 Å². The van der Waals surface area contributed by atoms with Crippen LogP contribution in [-0.4, -0.2) is 9.38 Å². The molecule has 3 aromatic rings. The largest absolute Gasteiger partial charge is 0.487 e. The summed E-state index contributed by atoms with van der Waals surface area (Å²) >= 11 is 6.00. The fourth-order valence-corrected chi connectivity index (χ4v) is 2.40. The fraction of sp³-hybridized carbons (Fsp3) is 0.188. The number of benzene rings is 1. The van der Waals surface area contributed by atoms with Gasteiger partial charge in [-0.15, -0.1) is 0 Å². The Bertz CT molecular complexity index is 734. The third-order valence-electron chi connectivity index (χ3n) is 3.25. The number of hydrogen-bond donors (Lipinski definition) is 1. The van der Waals surface area contributed by atoms with Gasteiger partial charge in [0.05, 0.1) is 5.69 Å². The summed E-state index contributed by atoms with van der Waals surface area (Å²) in [5, 5.41) is 0.655. The number of rotatable bonds is 4. The highest BCUT2D eigenvalue weighted by Gasteiger charge is 2.10. The molecule has 3 rings (SSSR count).